The lowest BCUT2D eigenvalue weighted by molar-refractivity contribution is -0.153. The van der Waals surface area contributed by atoms with Crippen molar-refractivity contribution in [3.05, 3.63) is 11.6 Å². The average molecular weight is 223 g/mol. The van der Waals surface area contributed by atoms with Crippen molar-refractivity contribution < 1.29 is 14.3 Å². The maximum Gasteiger partial charge on any atom is 0.317 e. The van der Waals surface area contributed by atoms with E-state index < -0.39 is 5.41 Å². The summed E-state index contributed by atoms with van der Waals surface area (Å²) in [5.74, 6) is -0.0584. The normalized spacial score (nSPS) is 30.6. The molecular formula is C12H17NO3. The van der Waals surface area contributed by atoms with Crippen LogP contribution in [-0.2, 0) is 14.3 Å². The molecule has 1 aliphatic heterocycles. The van der Waals surface area contributed by atoms with Crippen LogP contribution in [0.15, 0.2) is 11.6 Å². The minimum Gasteiger partial charge on any atom is -0.468 e. The molecule has 16 heavy (non-hydrogen) atoms. The maximum atomic E-state index is 12.0. The van der Waals surface area contributed by atoms with Gasteiger partial charge in [0.05, 0.1) is 7.11 Å². The molecule has 2 aliphatic rings. The van der Waals surface area contributed by atoms with E-state index in [9.17, 15) is 9.59 Å². The van der Waals surface area contributed by atoms with Crippen molar-refractivity contribution in [3.63, 3.8) is 0 Å². The fourth-order valence-corrected chi connectivity index (χ4v) is 2.74. The highest BCUT2D eigenvalue weighted by molar-refractivity contribution is 5.95. The summed E-state index contributed by atoms with van der Waals surface area (Å²) in [7, 11) is 3.41. The number of carbonyl (C=O) groups excluding carboxylic acids is 2. The van der Waals surface area contributed by atoms with Crippen LogP contribution in [0.5, 0.6) is 0 Å². The highest BCUT2D eigenvalue weighted by atomic mass is 16.5. The second kappa shape index (κ2) is 4.01. The summed E-state index contributed by atoms with van der Waals surface area (Å²) in [6.45, 7) is 1.57. The molecule has 0 amide bonds. The van der Waals surface area contributed by atoms with Crippen molar-refractivity contribution in [1.29, 1.82) is 0 Å². The number of nitrogens with zero attached hydrogens (tertiary/aromatic N) is 1. The zero-order valence-corrected chi connectivity index (χ0v) is 9.78. The summed E-state index contributed by atoms with van der Waals surface area (Å²) < 4.78 is 4.92. The Bertz CT molecular complexity index is 361. The fourth-order valence-electron chi connectivity index (χ4n) is 2.74. The quantitative estimate of drug-likeness (QED) is 0.616. The van der Waals surface area contributed by atoms with Gasteiger partial charge in [-0.1, -0.05) is 0 Å². The van der Waals surface area contributed by atoms with E-state index in [1.165, 1.54) is 7.11 Å². The van der Waals surface area contributed by atoms with Gasteiger partial charge in [-0.2, -0.15) is 0 Å². The van der Waals surface area contributed by atoms with Gasteiger partial charge in [-0.25, -0.2) is 0 Å². The molecular weight excluding hydrogens is 206 g/mol. The van der Waals surface area contributed by atoms with Gasteiger partial charge in [-0.15, -0.1) is 0 Å². The number of ketones is 1. The molecule has 0 radical (unpaired) electrons. The minimum atomic E-state index is -0.560. The third-order valence-corrected chi connectivity index (χ3v) is 3.63. The Kier molecular flexibility index (Phi) is 2.84. The smallest absolute Gasteiger partial charge is 0.317 e. The standard InChI is InChI=1S/C12H17NO3/c1-13-6-4-9-7-10(14)3-5-12(9,8-13)11(15)16-2/h7H,3-6,8H2,1-2H3. The van der Waals surface area contributed by atoms with Crippen molar-refractivity contribution in [3.8, 4) is 0 Å². The fraction of sp³-hybridized carbons (Fsp3) is 0.667. The van der Waals surface area contributed by atoms with E-state index in [-0.39, 0.29) is 11.8 Å². The third kappa shape index (κ3) is 1.67. The summed E-state index contributed by atoms with van der Waals surface area (Å²) in [5.41, 5.74) is 0.407. The number of piperidine rings is 1. The van der Waals surface area contributed by atoms with Gasteiger partial charge in [0, 0.05) is 19.5 Å². The van der Waals surface area contributed by atoms with Crippen molar-refractivity contribution in [2.75, 3.05) is 27.2 Å². The summed E-state index contributed by atoms with van der Waals surface area (Å²) in [6, 6.07) is 0. The summed E-state index contributed by atoms with van der Waals surface area (Å²) in [6.07, 6.45) is 3.49. The Morgan fingerprint density at radius 2 is 2.25 bits per heavy atom. The number of hydrogen-bond acceptors (Lipinski definition) is 4. The molecule has 0 aromatic carbocycles. The Morgan fingerprint density at radius 3 is 2.94 bits per heavy atom. The van der Waals surface area contributed by atoms with Crippen molar-refractivity contribution in [2.45, 2.75) is 19.3 Å². The molecule has 4 heteroatoms. The van der Waals surface area contributed by atoms with Gasteiger partial charge >= 0.3 is 5.97 Å². The van der Waals surface area contributed by atoms with Gasteiger partial charge in [0.2, 0.25) is 0 Å². The molecule has 1 fully saturated rings. The molecule has 1 heterocycles. The SMILES string of the molecule is COC(=O)C12CCC(=O)C=C1CCN(C)C2. The molecule has 2 rings (SSSR count). The Balaban J connectivity index is 2.38. The summed E-state index contributed by atoms with van der Waals surface area (Å²) >= 11 is 0. The molecule has 1 unspecified atom stereocenters. The van der Waals surface area contributed by atoms with Crippen LogP contribution in [0.4, 0.5) is 0 Å². The van der Waals surface area contributed by atoms with E-state index in [0.29, 0.717) is 19.4 Å². The molecule has 1 saturated heterocycles. The van der Waals surface area contributed by atoms with E-state index in [0.717, 1.165) is 18.5 Å². The Labute approximate surface area is 95.2 Å². The van der Waals surface area contributed by atoms with Crippen LogP contribution in [0.3, 0.4) is 0 Å². The number of fused-ring (bicyclic) bond motifs is 1. The van der Waals surface area contributed by atoms with Gasteiger partial charge < -0.3 is 9.64 Å². The minimum absolute atomic E-state index is 0.138. The van der Waals surface area contributed by atoms with E-state index in [1.807, 2.05) is 7.05 Å². The number of esters is 1. The van der Waals surface area contributed by atoms with Crippen molar-refractivity contribution in [2.24, 2.45) is 5.41 Å². The van der Waals surface area contributed by atoms with E-state index in [1.54, 1.807) is 6.08 Å². The summed E-state index contributed by atoms with van der Waals surface area (Å²) in [4.78, 5) is 25.5. The number of rotatable bonds is 1. The highest BCUT2D eigenvalue weighted by Crippen LogP contribution is 2.42. The Hall–Kier alpha value is -1.16. The molecule has 4 nitrogen and oxygen atoms in total. The Morgan fingerprint density at radius 1 is 1.50 bits per heavy atom. The molecule has 1 aliphatic carbocycles. The number of methoxy groups -OCH3 is 1. The van der Waals surface area contributed by atoms with Crippen LogP contribution in [0.2, 0.25) is 0 Å². The number of allylic oxidation sites excluding steroid dienone is 1. The van der Waals surface area contributed by atoms with E-state index in [2.05, 4.69) is 4.90 Å². The third-order valence-electron chi connectivity index (χ3n) is 3.63. The lowest BCUT2D eigenvalue weighted by atomic mass is 9.68. The number of ether oxygens (including phenoxy) is 1. The number of likely N-dealkylation sites (tertiary alicyclic amines) is 1. The first-order chi connectivity index (χ1) is 7.58. The first kappa shape index (κ1) is 11.3. The van der Waals surface area contributed by atoms with E-state index in [4.69, 9.17) is 4.74 Å². The van der Waals surface area contributed by atoms with Crippen LogP contribution < -0.4 is 0 Å². The molecule has 0 aromatic heterocycles. The van der Waals surface area contributed by atoms with Crippen molar-refractivity contribution >= 4 is 11.8 Å². The predicted octanol–water partition coefficient (Wildman–Crippen LogP) is 0.771. The molecule has 88 valence electrons. The number of hydrogen-bond donors (Lipinski definition) is 0. The van der Waals surface area contributed by atoms with Crippen LogP contribution in [0.25, 0.3) is 0 Å². The molecule has 0 spiro atoms. The van der Waals surface area contributed by atoms with Gasteiger partial charge in [-0.3, -0.25) is 9.59 Å². The highest BCUT2D eigenvalue weighted by Gasteiger charge is 2.47. The lowest BCUT2D eigenvalue weighted by Gasteiger charge is -2.42. The maximum absolute atomic E-state index is 12.0. The second-order valence-electron chi connectivity index (χ2n) is 4.70. The van der Waals surface area contributed by atoms with Crippen molar-refractivity contribution in [1.82, 2.24) is 4.90 Å². The van der Waals surface area contributed by atoms with Gasteiger partial charge in [0.25, 0.3) is 0 Å². The topological polar surface area (TPSA) is 46.6 Å². The van der Waals surface area contributed by atoms with Gasteiger partial charge in [-0.05, 0) is 31.5 Å². The lowest BCUT2D eigenvalue weighted by Crippen LogP contribution is -2.50. The molecule has 1 atom stereocenters. The molecule has 0 bridgehead atoms. The van der Waals surface area contributed by atoms with Gasteiger partial charge in [0.15, 0.2) is 5.78 Å². The van der Waals surface area contributed by atoms with Crippen LogP contribution in [0, 0.1) is 5.41 Å². The largest absolute Gasteiger partial charge is 0.468 e. The second-order valence-corrected chi connectivity index (χ2v) is 4.70. The predicted molar refractivity (Wildman–Crippen MR) is 58.9 cm³/mol. The first-order valence-corrected chi connectivity index (χ1v) is 5.59. The van der Waals surface area contributed by atoms with E-state index >= 15 is 0 Å². The number of carbonyl (C=O) groups is 2. The molecule has 0 saturated carbocycles. The average Bonchev–Trinajstić information content (AvgIpc) is 2.28. The zero-order valence-electron chi connectivity index (χ0n) is 9.78. The van der Waals surface area contributed by atoms with Gasteiger partial charge in [0.1, 0.15) is 5.41 Å². The van der Waals surface area contributed by atoms with Crippen LogP contribution in [0.1, 0.15) is 19.3 Å². The monoisotopic (exact) mass is 223 g/mol. The molecule has 0 aromatic rings. The first-order valence-electron chi connectivity index (χ1n) is 5.59. The zero-order chi connectivity index (χ0) is 11.8. The van der Waals surface area contributed by atoms with Crippen LogP contribution >= 0.6 is 0 Å². The molecule has 0 N–H and O–H groups in total. The van der Waals surface area contributed by atoms with Crippen LogP contribution in [-0.4, -0.2) is 43.9 Å². The summed E-state index contributed by atoms with van der Waals surface area (Å²) in [5, 5.41) is 0.